The molecule has 0 saturated heterocycles. The van der Waals surface area contributed by atoms with E-state index in [9.17, 15) is 34.2 Å². The van der Waals surface area contributed by atoms with Gasteiger partial charge in [0.15, 0.2) is 5.96 Å². The highest BCUT2D eigenvalue weighted by Crippen LogP contribution is 2.12. The number of aromatic hydroxyl groups is 1. The third-order valence-corrected chi connectivity index (χ3v) is 5.91. The Morgan fingerprint density at radius 1 is 0.805 bits per heavy atom. The van der Waals surface area contributed by atoms with Crippen molar-refractivity contribution >= 4 is 35.6 Å². The van der Waals surface area contributed by atoms with E-state index in [-0.39, 0.29) is 37.5 Å². The van der Waals surface area contributed by atoms with Crippen LogP contribution >= 0.6 is 0 Å². The number of aliphatic imine (C=N–C) groups is 1. The standard InChI is InChI=1S/C25H41N9O7/c26-10-2-1-5-17(32-21(37)16(27)4-3-11-31-25(29)30)22(38)33-18(12-14-6-8-15(35)9-7-14)23(39)34-19(24(40)41)13-20(28)36/h6-9,16-19,35H,1-5,10-13,26-27H2,(H2,28,36)(H,32,37)(H,33,38)(H,34,39)(H,40,41)(H4,29,30,31). The number of carbonyl (C=O) groups excluding carboxylic acids is 4. The quantitative estimate of drug-likeness (QED) is 0.0443. The molecule has 228 valence electrons. The van der Waals surface area contributed by atoms with Gasteiger partial charge in [-0.25, -0.2) is 4.79 Å². The summed E-state index contributed by atoms with van der Waals surface area (Å²) in [6.45, 7) is 0.625. The molecule has 0 aliphatic rings. The molecule has 4 atom stereocenters. The van der Waals surface area contributed by atoms with Gasteiger partial charge in [-0.2, -0.15) is 0 Å². The summed E-state index contributed by atoms with van der Waals surface area (Å²) in [7, 11) is 0. The zero-order valence-corrected chi connectivity index (χ0v) is 22.8. The van der Waals surface area contributed by atoms with E-state index in [1.807, 2.05) is 0 Å². The number of carboxylic acid groups (broad SMARTS) is 1. The number of carbonyl (C=O) groups is 5. The number of primary amides is 1. The molecule has 0 fully saturated rings. The number of rotatable bonds is 19. The van der Waals surface area contributed by atoms with Crippen molar-refractivity contribution in [1.82, 2.24) is 16.0 Å². The number of nitrogens with one attached hydrogen (secondary N) is 3. The van der Waals surface area contributed by atoms with Crippen LogP contribution in [0.5, 0.6) is 5.75 Å². The molecule has 0 saturated carbocycles. The first kappa shape index (κ1) is 34.6. The van der Waals surface area contributed by atoms with Crippen molar-refractivity contribution in [2.75, 3.05) is 13.1 Å². The molecule has 0 aliphatic heterocycles. The lowest BCUT2D eigenvalue weighted by Crippen LogP contribution is -2.57. The molecule has 0 spiro atoms. The van der Waals surface area contributed by atoms with E-state index in [0.29, 0.717) is 31.4 Å². The van der Waals surface area contributed by atoms with Gasteiger partial charge in [0.1, 0.15) is 23.9 Å². The predicted molar refractivity (Wildman–Crippen MR) is 150 cm³/mol. The van der Waals surface area contributed by atoms with Gasteiger partial charge in [0.2, 0.25) is 23.6 Å². The Labute approximate surface area is 237 Å². The number of amides is 4. The lowest BCUT2D eigenvalue weighted by Gasteiger charge is -2.25. The van der Waals surface area contributed by atoms with Crippen LogP contribution in [-0.2, 0) is 30.4 Å². The molecule has 1 rings (SSSR count). The van der Waals surface area contributed by atoms with Gasteiger partial charge in [0.05, 0.1) is 12.5 Å². The van der Waals surface area contributed by atoms with E-state index in [4.69, 9.17) is 28.7 Å². The highest BCUT2D eigenvalue weighted by atomic mass is 16.4. The van der Waals surface area contributed by atoms with Gasteiger partial charge >= 0.3 is 5.97 Å². The molecule has 4 amide bonds. The molecular formula is C25H41N9O7. The number of hydrogen-bond acceptors (Lipinski definition) is 9. The molecule has 16 nitrogen and oxygen atoms in total. The minimum Gasteiger partial charge on any atom is -0.508 e. The lowest BCUT2D eigenvalue weighted by molar-refractivity contribution is -0.143. The summed E-state index contributed by atoms with van der Waals surface area (Å²) >= 11 is 0. The molecule has 16 heteroatoms. The second kappa shape index (κ2) is 18.0. The van der Waals surface area contributed by atoms with E-state index in [1.165, 1.54) is 24.3 Å². The Morgan fingerprint density at radius 2 is 1.39 bits per heavy atom. The Balaban J connectivity index is 3.10. The van der Waals surface area contributed by atoms with Gasteiger partial charge in [0, 0.05) is 13.0 Å². The highest BCUT2D eigenvalue weighted by Gasteiger charge is 2.31. The second-order valence-corrected chi connectivity index (χ2v) is 9.40. The normalized spacial score (nSPS) is 13.6. The molecule has 0 radical (unpaired) electrons. The zero-order valence-electron chi connectivity index (χ0n) is 22.8. The molecule has 4 unspecified atom stereocenters. The fraction of sp³-hybridized carbons (Fsp3) is 0.520. The molecule has 15 N–H and O–H groups in total. The van der Waals surface area contributed by atoms with Crippen molar-refractivity contribution in [1.29, 1.82) is 0 Å². The molecule has 0 aliphatic carbocycles. The topological polar surface area (TPSA) is 304 Å². The smallest absolute Gasteiger partial charge is 0.326 e. The van der Waals surface area contributed by atoms with Gasteiger partial charge in [-0.05, 0) is 56.3 Å². The molecule has 1 aromatic rings. The number of guanidine groups is 1. The molecular weight excluding hydrogens is 538 g/mol. The minimum absolute atomic E-state index is 0.0245. The van der Waals surface area contributed by atoms with E-state index >= 15 is 0 Å². The van der Waals surface area contributed by atoms with Crippen molar-refractivity contribution < 1.29 is 34.2 Å². The fourth-order valence-corrected chi connectivity index (χ4v) is 3.71. The van der Waals surface area contributed by atoms with Crippen molar-refractivity contribution in [3.05, 3.63) is 29.8 Å². The number of hydrogen-bond donors (Lipinski definition) is 10. The number of nitrogens with zero attached hydrogens (tertiary/aromatic N) is 1. The van der Waals surface area contributed by atoms with Crippen LogP contribution < -0.4 is 44.6 Å². The van der Waals surface area contributed by atoms with Crippen LogP contribution in [0.1, 0.15) is 44.1 Å². The summed E-state index contributed by atoms with van der Waals surface area (Å²) < 4.78 is 0. The number of aliphatic carboxylic acids is 1. The average molecular weight is 580 g/mol. The maximum atomic E-state index is 13.3. The van der Waals surface area contributed by atoms with Crippen LogP contribution in [-0.4, -0.2) is 83.0 Å². The first-order valence-corrected chi connectivity index (χ1v) is 13.0. The van der Waals surface area contributed by atoms with Crippen LogP contribution in [0.4, 0.5) is 0 Å². The van der Waals surface area contributed by atoms with Crippen molar-refractivity contribution in [2.24, 2.45) is 33.7 Å². The maximum absolute atomic E-state index is 13.3. The van der Waals surface area contributed by atoms with E-state index in [1.54, 1.807) is 0 Å². The molecule has 0 heterocycles. The summed E-state index contributed by atoms with van der Waals surface area (Å²) in [5, 5.41) is 26.3. The van der Waals surface area contributed by atoms with Crippen LogP contribution in [0.25, 0.3) is 0 Å². The van der Waals surface area contributed by atoms with Crippen LogP contribution in [0.3, 0.4) is 0 Å². The zero-order chi connectivity index (χ0) is 30.9. The monoisotopic (exact) mass is 579 g/mol. The average Bonchev–Trinajstić information content (AvgIpc) is 2.90. The Bertz CT molecular complexity index is 1060. The number of phenolic OH excluding ortho intramolecular Hbond substituents is 1. The lowest BCUT2D eigenvalue weighted by atomic mass is 10.0. The number of phenols is 1. The summed E-state index contributed by atoms with van der Waals surface area (Å²) in [4.78, 5) is 65.9. The first-order chi connectivity index (χ1) is 19.3. The third-order valence-electron chi connectivity index (χ3n) is 5.91. The molecule has 1 aromatic carbocycles. The summed E-state index contributed by atoms with van der Waals surface area (Å²) in [6, 6.07) is 0.792. The van der Waals surface area contributed by atoms with E-state index < -0.39 is 60.2 Å². The Kier molecular flexibility index (Phi) is 15.2. The third kappa shape index (κ3) is 14.0. The van der Waals surface area contributed by atoms with Crippen molar-refractivity contribution in [2.45, 2.75) is 69.1 Å². The van der Waals surface area contributed by atoms with E-state index in [2.05, 4.69) is 20.9 Å². The Hall–Kier alpha value is -4.44. The predicted octanol–water partition coefficient (Wildman–Crippen LogP) is -3.14. The van der Waals surface area contributed by atoms with Gasteiger partial charge in [-0.1, -0.05) is 12.1 Å². The van der Waals surface area contributed by atoms with E-state index in [0.717, 1.165) is 0 Å². The van der Waals surface area contributed by atoms with Crippen LogP contribution in [0, 0.1) is 0 Å². The fourth-order valence-electron chi connectivity index (χ4n) is 3.71. The van der Waals surface area contributed by atoms with Crippen molar-refractivity contribution in [3.8, 4) is 5.75 Å². The van der Waals surface area contributed by atoms with Gasteiger partial charge in [-0.15, -0.1) is 0 Å². The van der Waals surface area contributed by atoms with Crippen molar-refractivity contribution in [3.63, 3.8) is 0 Å². The summed E-state index contributed by atoms with van der Waals surface area (Å²) in [5.41, 5.74) is 27.7. The number of nitrogens with two attached hydrogens (primary N) is 5. The Morgan fingerprint density at radius 3 is 1.95 bits per heavy atom. The van der Waals surface area contributed by atoms with Crippen LogP contribution in [0.15, 0.2) is 29.3 Å². The molecule has 0 bridgehead atoms. The van der Waals surface area contributed by atoms with Gasteiger partial charge < -0.3 is 54.8 Å². The van der Waals surface area contributed by atoms with Crippen LogP contribution in [0.2, 0.25) is 0 Å². The first-order valence-electron chi connectivity index (χ1n) is 13.0. The highest BCUT2D eigenvalue weighted by molar-refractivity contribution is 5.95. The summed E-state index contributed by atoms with van der Waals surface area (Å²) in [5.74, 6) is -4.78. The second-order valence-electron chi connectivity index (χ2n) is 9.40. The molecule has 41 heavy (non-hydrogen) atoms. The number of benzene rings is 1. The largest absolute Gasteiger partial charge is 0.508 e. The number of carboxylic acids is 1. The minimum atomic E-state index is -1.63. The maximum Gasteiger partial charge on any atom is 0.326 e. The van der Waals surface area contributed by atoms with Gasteiger partial charge in [-0.3, -0.25) is 24.2 Å². The SMILES string of the molecule is NCCCCC(NC(=O)C(N)CCCN=C(N)N)C(=O)NC(Cc1ccc(O)cc1)C(=O)NC(CC(N)=O)C(=O)O. The summed E-state index contributed by atoms with van der Waals surface area (Å²) in [6.07, 6.45) is 1.11. The molecule has 0 aromatic heterocycles. The van der Waals surface area contributed by atoms with Gasteiger partial charge in [0.25, 0.3) is 0 Å². The number of unbranched alkanes of at least 4 members (excludes halogenated alkanes) is 1.